The maximum Gasteiger partial charge on any atom is 0.139 e. The molecule has 0 unspecified atom stereocenters. The van der Waals surface area contributed by atoms with Gasteiger partial charge in [0.15, 0.2) is 0 Å². The van der Waals surface area contributed by atoms with Crippen molar-refractivity contribution in [1.82, 2.24) is 20.4 Å². The number of aromatic nitrogens is 4. The van der Waals surface area contributed by atoms with E-state index >= 15 is 0 Å². The highest BCUT2D eigenvalue weighted by atomic mass is 35.5. The maximum absolute atomic E-state index is 6.07. The van der Waals surface area contributed by atoms with Crippen LogP contribution in [-0.2, 0) is 0 Å². The molecule has 2 aromatic heterocycles. The SMILES string of the molecule is Cc1ccc(-c2nc3ccc(Cl)cc3c3n[nH]nc23)cc1. The van der Waals surface area contributed by atoms with Gasteiger partial charge >= 0.3 is 0 Å². The zero-order chi connectivity index (χ0) is 14.4. The van der Waals surface area contributed by atoms with Crippen molar-refractivity contribution < 1.29 is 0 Å². The second-order valence-corrected chi connectivity index (χ2v) is 5.45. The number of hydrogen-bond donors (Lipinski definition) is 1. The zero-order valence-electron chi connectivity index (χ0n) is 11.3. The molecule has 0 atom stereocenters. The summed E-state index contributed by atoms with van der Waals surface area (Å²) in [4.78, 5) is 4.74. The smallest absolute Gasteiger partial charge is 0.139 e. The molecule has 0 saturated carbocycles. The molecule has 0 amide bonds. The van der Waals surface area contributed by atoms with Crippen LogP contribution in [-0.4, -0.2) is 20.4 Å². The Kier molecular flexibility index (Phi) is 2.65. The minimum absolute atomic E-state index is 0.664. The summed E-state index contributed by atoms with van der Waals surface area (Å²) in [5, 5.41) is 12.8. The van der Waals surface area contributed by atoms with E-state index in [-0.39, 0.29) is 0 Å². The van der Waals surface area contributed by atoms with Gasteiger partial charge in [0.2, 0.25) is 0 Å². The van der Waals surface area contributed by atoms with E-state index in [1.807, 2.05) is 30.3 Å². The fourth-order valence-electron chi connectivity index (χ4n) is 2.47. The van der Waals surface area contributed by atoms with E-state index in [1.165, 1.54) is 5.56 Å². The number of aryl methyl sites for hydroxylation is 1. The van der Waals surface area contributed by atoms with E-state index in [0.29, 0.717) is 5.02 Å². The molecule has 5 heteroatoms. The second kappa shape index (κ2) is 4.53. The Morgan fingerprint density at radius 2 is 1.71 bits per heavy atom. The summed E-state index contributed by atoms with van der Waals surface area (Å²) in [5.74, 6) is 0. The Morgan fingerprint density at radius 3 is 2.52 bits per heavy atom. The highest BCUT2D eigenvalue weighted by Gasteiger charge is 2.13. The molecule has 0 aliphatic heterocycles. The Labute approximate surface area is 125 Å². The van der Waals surface area contributed by atoms with E-state index in [2.05, 4.69) is 34.5 Å². The molecule has 4 rings (SSSR count). The number of pyridine rings is 1. The van der Waals surface area contributed by atoms with E-state index in [4.69, 9.17) is 16.6 Å². The molecule has 0 aliphatic carbocycles. The Morgan fingerprint density at radius 1 is 0.952 bits per heavy atom. The number of rotatable bonds is 1. The predicted octanol–water partition coefficient (Wildman–Crippen LogP) is 4.13. The van der Waals surface area contributed by atoms with Crippen molar-refractivity contribution in [3.8, 4) is 11.3 Å². The van der Waals surface area contributed by atoms with Gasteiger partial charge in [-0.1, -0.05) is 41.4 Å². The lowest BCUT2D eigenvalue weighted by molar-refractivity contribution is 0.960. The van der Waals surface area contributed by atoms with Gasteiger partial charge in [-0.2, -0.15) is 15.4 Å². The Bertz CT molecular complexity index is 957. The molecule has 0 aliphatic rings. The van der Waals surface area contributed by atoms with Crippen LogP contribution in [0.4, 0.5) is 0 Å². The molecule has 0 radical (unpaired) electrons. The van der Waals surface area contributed by atoms with Gasteiger partial charge in [0.1, 0.15) is 16.7 Å². The highest BCUT2D eigenvalue weighted by Crippen LogP contribution is 2.31. The van der Waals surface area contributed by atoms with Crippen molar-refractivity contribution in [1.29, 1.82) is 0 Å². The summed E-state index contributed by atoms with van der Waals surface area (Å²) >= 11 is 6.07. The number of fused-ring (bicyclic) bond motifs is 3. The first-order valence-corrected chi connectivity index (χ1v) is 6.97. The lowest BCUT2D eigenvalue weighted by atomic mass is 10.1. The average molecular weight is 295 g/mol. The number of nitrogens with zero attached hydrogens (tertiary/aromatic N) is 3. The van der Waals surface area contributed by atoms with Gasteiger partial charge in [-0.15, -0.1) is 0 Å². The molecule has 0 saturated heterocycles. The van der Waals surface area contributed by atoms with Crippen molar-refractivity contribution in [2.45, 2.75) is 6.92 Å². The number of aromatic amines is 1. The van der Waals surface area contributed by atoms with Gasteiger partial charge in [0, 0.05) is 16.0 Å². The molecular formula is C16H11ClN4. The molecule has 21 heavy (non-hydrogen) atoms. The number of hydrogen-bond acceptors (Lipinski definition) is 3. The first kappa shape index (κ1) is 12.3. The van der Waals surface area contributed by atoms with Gasteiger partial charge < -0.3 is 0 Å². The van der Waals surface area contributed by atoms with Gasteiger partial charge in [0.05, 0.1) is 5.52 Å². The summed E-state index contributed by atoms with van der Waals surface area (Å²) in [6.45, 7) is 2.06. The van der Waals surface area contributed by atoms with Crippen molar-refractivity contribution in [3.63, 3.8) is 0 Å². The van der Waals surface area contributed by atoms with Crippen LogP contribution in [0.1, 0.15) is 5.56 Å². The standard InChI is InChI=1S/C16H11ClN4/c1-9-2-4-10(5-3-9)14-16-15(19-21-20-16)12-8-11(17)6-7-13(12)18-14/h2-8H,1H3,(H,19,20,21). The van der Waals surface area contributed by atoms with Crippen molar-refractivity contribution in [2.75, 3.05) is 0 Å². The van der Waals surface area contributed by atoms with Crippen LogP contribution in [0.15, 0.2) is 42.5 Å². The minimum Gasteiger partial charge on any atom is -0.245 e. The van der Waals surface area contributed by atoms with Gasteiger partial charge in [-0.3, -0.25) is 0 Å². The molecule has 4 aromatic rings. The molecule has 0 bridgehead atoms. The number of halogens is 1. The van der Waals surface area contributed by atoms with Crippen LogP contribution in [0.3, 0.4) is 0 Å². The van der Waals surface area contributed by atoms with Gasteiger partial charge in [-0.25, -0.2) is 4.98 Å². The molecule has 4 nitrogen and oxygen atoms in total. The lowest BCUT2D eigenvalue weighted by Crippen LogP contribution is -1.89. The number of H-pyrrole nitrogens is 1. The van der Waals surface area contributed by atoms with Crippen LogP contribution in [0.5, 0.6) is 0 Å². The maximum atomic E-state index is 6.07. The molecule has 1 N–H and O–H groups in total. The topological polar surface area (TPSA) is 54.5 Å². The number of nitrogens with one attached hydrogen (secondary N) is 1. The molecular weight excluding hydrogens is 284 g/mol. The summed E-state index contributed by atoms with van der Waals surface area (Å²) in [6, 6.07) is 13.8. The average Bonchev–Trinajstić information content (AvgIpc) is 2.97. The third kappa shape index (κ3) is 1.96. The van der Waals surface area contributed by atoms with Crippen molar-refractivity contribution >= 4 is 33.5 Å². The van der Waals surface area contributed by atoms with Gasteiger partial charge in [0.25, 0.3) is 0 Å². The molecule has 2 heterocycles. The van der Waals surface area contributed by atoms with Crippen LogP contribution >= 0.6 is 11.6 Å². The van der Waals surface area contributed by atoms with Crippen LogP contribution in [0.25, 0.3) is 33.2 Å². The quantitative estimate of drug-likeness (QED) is 0.574. The minimum atomic E-state index is 0.664. The Balaban J connectivity index is 2.10. The summed E-state index contributed by atoms with van der Waals surface area (Å²) in [5.41, 5.74) is 5.47. The third-order valence-corrected chi connectivity index (χ3v) is 3.78. The Hall–Kier alpha value is -2.46. The monoisotopic (exact) mass is 294 g/mol. The van der Waals surface area contributed by atoms with Crippen LogP contribution in [0, 0.1) is 6.92 Å². The van der Waals surface area contributed by atoms with Gasteiger partial charge in [-0.05, 0) is 25.1 Å². The zero-order valence-corrected chi connectivity index (χ0v) is 12.0. The van der Waals surface area contributed by atoms with Crippen molar-refractivity contribution in [3.05, 3.63) is 53.1 Å². The van der Waals surface area contributed by atoms with E-state index in [9.17, 15) is 0 Å². The van der Waals surface area contributed by atoms with Crippen LogP contribution < -0.4 is 0 Å². The summed E-state index contributed by atoms with van der Waals surface area (Å²) in [6.07, 6.45) is 0. The molecule has 0 fully saturated rings. The number of benzene rings is 2. The highest BCUT2D eigenvalue weighted by molar-refractivity contribution is 6.31. The normalized spacial score (nSPS) is 11.3. The summed E-state index contributed by atoms with van der Waals surface area (Å²) in [7, 11) is 0. The second-order valence-electron chi connectivity index (χ2n) is 5.01. The van der Waals surface area contributed by atoms with E-state index in [1.54, 1.807) is 0 Å². The van der Waals surface area contributed by atoms with Crippen molar-refractivity contribution in [2.24, 2.45) is 0 Å². The first-order chi connectivity index (χ1) is 10.2. The first-order valence-electron chi connectivity index (χ1n) is 6.59. The molecule has 2 aromatic carbocycles. The third-order valence-electron chi connectivity index (χ3n) is 3.54. The largest absolute Gasteiger partial charge is 0.245 e. The van der Waals surface area contributed by atoms with E-state index in [0.717, 1.165) is 33.2 Å². The predicted molar refractivity (Wildman–Crippen MR) is 84.4 cm³/mol. The van der Waals surface area contributed by atoms with Crippen LogP contribution in [0.2, 0.25) is 5.02 Å². The molecule has 0 spiro atoms. The fraction of sp³-hybridized carbons (Fsp3) is 0.0625. The van der Waals surface area contributed by atoms with E-state index < -0.39 is 0 Å². The summed E-state index contributed by atoms with van der Waals surface area (Å²) < 4.78 is 0. The fourth-order valence-corrected chi connectivity index (χ4v) is 2.64. The lowest BCUT2D eigenvalue weighted by Gasteiger charge is -2.05. The molecule has 102 valence electrons.